The van der Waals surface area contributed by atoms with Gasteiger partial charge in [0, 0.05) is 19.2 Å². The van der Waals surface area contributed by atoms with Crippen LogP contribution < -0.4 is 15.8 Å². The first-order chi connectivity index (χ1) is 9.61. The van der Waals surface area contributed by atoms with Crippen molar-refractivity contribution in [2.75, 3.05) is 44.5 Å². The number of rotatable bonds is 4. The number of morpholine rings is 1. The van der Waals surface area contributed by atoms with Crippen LogP contribution in [0.25, 0.3) is 0 Å². The second kappa shape index (κ2) is 6.47. The fourth-order valence-electron chi connectivity index (χ4n) is 2.14. The summed E-state index contributed by atoms with van der Waals surface area (Å²) in [4.78, 5) is 14.1. The third-order valence-corrected chi connectivity index (χ3v) is 3.33. The summed E-state index contributed by atoms with van der Waals surface area (Å²) >= 11 is 0. The molecule has 110 valence electrons. The molecule has 6 heteroatoms. The number of hydrogen-bond acceptors (Lipinski definition) is 5. The second-order valence-corrected chi connectivity index (χ2v) is 4.76. The van der Waals surface area contributed by atoms with Crippen molar-refractivity contribution in [2.24, 2.45) is 0 Å². The lowest BCUT2D eigenvalue weighted by molar-refractivity contribution is -0.135. The summed E-state index contributed by atoms with van der Waals surface area (Å²) in [7, 11) is 1.59. The van der Waals surface area contributed by atoms with Gasteiger partial charge in [0.1, 0.15) is 11.8 Å². The summed E-state index contributed by atoms with van der Waals surface area (Å²) in [6.45, 7) is 4.30. The third-order valence-electron chi connectivity index (χ3n) is 3.33. The third kappa shape index (κ3) is 3.33. The van der Waals surface area contributed by atoms with Crippen LogP contribution in [0.3, 0.4) is 0 Å². The van der Waals surface area contributed by atoms with Crippen molar-refractivity contribution >= 4 is 17.3 Å². The van der Waals surface area contributed by atoms with Crippen LogP contribution in [-0.4, -0.2) is 50.3 Å². The summed E-state index contributed by atoms with van der Waals surface area (Å²) in [6.07, 6.45) is 0. The Morgan fingerprint density at radius 2 is 2.15 bits per heavy atom. The Kier molecular flexibility index (Phi) is 4.68. The highest BCUT2D eigenvalue weighted by atomic mass is 16.5. The van der Waals surface area contributed by atoms with Gasteiger partial charge in [0.25, 0.3) is 0 Å². The molecule has 0 bridgehead atoms. The fraction of sp³-hybridized carbons (Fsp3) is 0.500. The van der Waals surface area contributed by atoms with Crippen molar-refractivity contribution in [3.8, 4) is 5.75 Å². The molecule has 1 aromatic rings. The van der Waals surface area contributed by atoms with E-state index in [1.165, 1.54) is 0 Å². The highest BCUT2D eigenvalue weighted by Gasteiger charge is 2.22. The molecular formula is C14H21N3O3. The molecule has 20 heavy (non-hydrogen) atoms. The van der Waals surface area contributed by atoms with E-state index in [2.05, 4.69) is 5.32 Å². The van der Waals surface area contributed by atoms with Gasteiger partial charge in [-0.2, -0.15) is 0 Å². The normalized spacial score (nSPS) is 16.6. The fourth-order valence-corrected chi connectivity index (χ4v) is 2.14. The number of methoxy groups -OCH3 is 1. The molecule has 6 nitrogen and oxygen atoms in total. The largest absolute Gasteiger partial charge is 0.497 e. The molecule has 0 spiro atoms. The number of nitrogen functional groups attached to an aromatic ring is 1. The molecule has 3 N–H and O–H groups in total. The zero-order valence-electron chi connectivity index (χ0n) is 11.9. The van der Waals surface area contributed by atoms with Crippen molar-refractivity contribution in [2.45, 2.75) is 13.0 Å². The van der Waals surface area contributed by atoms with Crippen LogP contribution in [0, 0.1) is 0 Å². The van der Waals surface area contributed by atoms with E-state index in [0.717, 1.165) is 0 Å². The molecule has 1 unspecified atom stereocenters. The van der Waals surface area contributed by atoms with Crippen molar-refractivity contribution in [1.29, 1.82) is 0 Å². The Labute approximate surface area is 118 Å². The number of anilines is 2. The van der Waals surface area contributed by atoms with Crippen LogP contribution in [0.1, 0.15) is 6.92 Å². The van der Waals surface area contributed by atoms with Crippen LogP contribution in [-0.2, 0) is 9.53 Å². The minimum Gasteiger partial charge on any atom is -0.497 e. The van der Waals surface area contributed by atoms with Crippen LogP contribution in [0.2, 0.25) is 0 Å². The average molecular weight is 279 g/mol. The number of carbonyl (C=O) groups is 1. The predicted octanol–water partition coefficient (Wildman–Crippen LogP) is 0.937. The molecule has 0 radical (unpaired) electrons. The Morgan fingerprint density at radius 3 is 2.80 bits per heavy atom. The lowest BCUT2D eigenvalue weighted by atomic mass is 10.2. The molecule has 1 fully saturated rings. The number of nitrogens with two attached hydrogens (primary N) is 1. The number of nitrogens with zero attached hydrogens (tertiary/aromatic N) is 1. The van der Waals surface area contributed by atoms with Gasteiger partial charge in [-0.05, 0) is 19.1 Å². The molecule has 0 aromatic heterocycles. The first-order valence-corrected chi connectivity index (χ1v) is 6.68. The maximum Gasteiger partial charge on any atom is 0.244 e. The first kappa shape index (κ1) is 14.5. The van der Waals surface area contributed by atoms with E-state index in [4.69, 9.17) is 15.2 Å². The maximum atomic E-state index is 12.3. The quantitative estimate of drug-likeness (QED) is 0.802. The topological polar surface area (TPSA) is 76.8 Å². The van der Waals surface area contributed by atoms with E-state index in [9.17, 15) is 4.79 Å². The molecular weight excluding hydrogens is 258 g/mol. The van der Waals surface area contributed by atoms with Gasteiger partial charge in [-0.3, -0.25) is 4.79 Å². The summed E-state index contributed by atoms with van der Waals surface area (Å²) in [5.41, 5.74) is 7.21. The summed E-state index contributed by atoms with van der Waals surface area (Å²) in [5, 5.41) is 3.14. The minimum absolute atomic E-state index is 0.0514. The second-order valence-electron chi connectivity index (χ2n) is 4.76. The Bertz CT molecular complexity index is 473. The molecule has 1 aliphatic rings. The van der Waals surface area contributed by atoms with Gasteiger partial charge in [-0.15, -0.1) is 0 Å². The van der Waals surface area contributed by atoms with Crippen LogP contribution in [0.5, 0.6) is 5.75 Å². The van der Waals surface area contributed by atoms with E-state index in [0.29, 0.717) is 43.4 Å². The van der Waals surface area contributed by atoms with Crippen LogP contribution in [0.15, 0.2) is 18.2 Å². The van der Waals surface area contributed by atoms with Gasteiger partial charge < -0.3 is 25.4 Å². The molecule has 1 heterocycles. The monoisotopic (exact) mass is 279 g/mol. The molecule has 0 aliphatic carbocycles. The zero-order chi connectivity index (χ0) is 14.5. The van der Waals surface area contributed by atoms with Gasteiger partial charge in [0.15, 0.2) is 0 Å². The van der Waals surface area contributed by atoms with Crippen molar-refractivity contribution in [3.63, 3.8) is 0 Å². The van der Waals surface area contributed by atoms with E-state index >= 15 is 0 Å². The van der Waals surface area contributed by atoms with Gasteiger partial charge >= 0.3 is 0 Å². The number of carbonyl (C=O) groups excluding carboxylic acids is 1. The Hall–Kier alpha value is -1.95. The van der Waals surface area contributed by atoms with Crippen LogP contribution >= 0.6 is 0 Å². The SMILES string of the molecule is COc1ccc(N)c(NC(C)C(=O)N2CCOCC2)c1. The molecule has 1 aromatic carbocycles. The van der Waals surface area contributed by atoms with Gasteiger partial charge in [-0.1, -0.05) is 0 Å². The standard InChI is InChI=1S/C14H21N3O3/c1-10(14(18)17-5-7-20-8-6-17)16-13-9-11(19-2)3-4-12(13)15/h3-4,9-10,16H,5-8,15H2,1-2H3. The molecule has 1 aliphatic heterocycles. The Morgan fingerprint density at radius 1 is 1.45 bits per heavy atom. The first-order valence-electron chi connectivity index (χ1n) is 6.68. The number of benzene rings is 1. The lowest BCUT2D eigenvalue weighted by Gasteiger charge is -2.30. The highest BCUT2D eigenvalue weighted by molar-refractivity contribution is 5.85. The van der Waals surface area contributed by atoms with Crippen molar-refractivity contribution in [1.82, 2.24) is 4.90 Å². The maximum absolute atomic E-state index is 12.3. The van der Waals surface area contributed by atoms with E-state index < -0.39 is 0 Å². The number of ether oxygens (including phenoxy) is 2. The van der Waals surface area contributed by atoms with Gasteiger partial charge in [-0.25, -0.2) is 0 Å². The number of hydrogen-bond donors (Lipinski definition) is 2. The Balaban J connectivity index is 2.03. The van der Waals surface area contributed by atoms with Crippen molar-refractivity contribution in [3.05, 3.63) is 18.2 Å². The summed E-state index contributed by atoms with van der Waals surface area (Å²) < 4.78 is 10.4. The summed E-state index contributed by atoms with van der Waals surface area (Å²) in [6, 6.07) is 4.99. The lowest BCUT2D eigenvalue weighted by Crippen LogP contribution is -2.47. The molecule has 1 saturated heterocycles. The van der Waals surface area contributed by atoms with E-state index in [1.54, 1.807) is 30.2 Å². The number of nitrogens with one attached hydrogen (secondary N) is 1. The number of amides is 1. The zero-order valence-corrected chi connectivity index (χ0v) is 11.9. The van der Waals surface area contributed by atoms with E-state index in [1.807, 2.05) is 6.92 Å². The highest BCUT2D eigenvalue weighted by Crippen LogP contribution is 2.25. The summed E-state index contributed by atoms with van der Waals surface area (Å²) in [5.74, 6) is 0.753. The average Bonchev–Trinajstić information content (AvgIpc) is 2.49. The predicted molar refractivity (Wildman–Crippen MR) is 77.9 cm³/mol. The van der Waals surface area contributed by atoms with Crippen LogP contribution in [0.4, 0.5) is 11.4 Å². The molecule has 0 saturated carbocycles. The smallest absolute Gasteiger partial charge is 0.244 e. The molecule has 2 rings (SSSR count). The van der Waals surface area contributed by atoms with E-state index in [-0.39, 0.29) is 11.9 Å². The van der Waals surface area contributed by atoms with Crippen molar-refractivity contribution < 1.29 is 14.3 Å². The van der Waals surface area contributed by atoms with Gasteiger partial charge in [0.2, 0.25) is 5.91 Å². The van der Waals surface area contributed by atoms with Gasteiger partial charge in [0.05, 0.1) is 31.7 Å². The molecule has 1 amide bonds. The molecule has 1 atom stereocenters. The minimum atomic E-state index is -0.345.